The number of hydrogen-bond donors (Lipinski definition) is 3. The second-order valence-corrected chi connectivity index (χ2v) is 7.47. The minimum absolute atomic E-state index is 0.375. The fraction of sp³-hybridized carbons (Fsp3) is 0.526. The van der Waals surface area contributed by atoms with Crippen molar-refractivity contribution in [1.29, 1.82) is 0 Å². The lowest BCUT2D eigenvalue weighted by Gasteiger charge is -2.28. The van der Waals surface area contributed by atoms with Gasteiger partial charge in [0.25, 0.3) is 0 Å². The second kappa shape index (κ2) is 9.35. The van der Waals surface area contributed by atoms with E-state index in [4.69, 9.17) is 5.73 Å². The number of nitrogens with zero attached hydrogens (tertiary/aromatic N) is 1. The summed E-state index contributed by atoms with van der Waals surface area (Å²) in [5.41, 5.74) is 6.23. The van der Waals surface area contributed by atoms with Crippen LogP contribution in [0.2, 0.25) is 0 Å². The van der Waals surface area contributed by atoms with Crippen molar-refractivity contribution in [1.82, 2.24) is 15.5 Å². The van der Waals surface area contributed by atoms with Crippen LogP contribution in [0.4, 0.5) is 26.3 Å². The zero-order chi connectivity index (χ0) is 24.4. The minimum atomic E-state index is -5.82. The Morgan fingerprint density at radius 1 is 1.09 bits per heavy atom. The lowest BCUT2D eigenvalue weighted by molar-refractivity contribution is -0.287. The van der Waals surface area contributed by atoms with E-state index in [-0.39, 0.29) is 0 Å². The average Bonchev–Trinajstić information content (AvgIpc) is 2.77. The number of nitrogens with two attached hydrogens (primary N) is 1. The van der Waals surface area contributed by atoms with Crippen LogP contribution in [0.1, 0.15) is 24.1 Å². The molecular formula is C19H22F6N4O3. The monoisotopic (exact) mass is 468 g/mol. The van der Waals surface area contributed by atoms with Gasteiger partial charge in [-0.2, -0.15) is 26.3 Å². The summed E-state index contributed by atoms with van der Waals surface area (Å²) in [5.74, 6) is -7.36. The molecule has 0 aromatic heterocycles. The summed E-state index contributed by atoms with van der Waals surface area (Å²) in [6.45, 7) is 1.42. The first-order valence-corrected chi connectivity index (χ1v) is 9.47. The Kier molecular flexibility index (Phi) is 7.43. The molecule has 13 heteroatoms. The van der Waals surface area contributed by atoms with Gasteiger partial charge in [-0.3, -0.25) is 14.4 Å². The van der Waals surface area contributed by atoms with Gasteiger partial charge < -0.3 is 21.3 Å². The van der Waals surface area contributed by atoms with Gasteiger partial charge in [0, 0.05) is 13.6 Å². The number of benzene rings is 1. The predicted molar refractivity (Wildman–Crippen MR) is 99.8 cm³/mol. The van der Waals surface area contributed by atoms with Gasteiger partial charge in [-0.1, -0.05) is 24.3 Å². The van der Waals surface area contributed by atoms with Crippen LogP contribution in [0, 0.1) is 5.92 Å². The summed E-state index contributed by atoms with van der Waals surface area (Å²) in [6.07, 6.45) is -11.1. The fourth-order valence-electron chi connectivity index (χ4n) is 3.32. The van der Waals surface area contributed by atoms with Gasteiger partial charge in [0.05, 0.1) is 0 Å². The van der Waals surface area contributed by atoms with Gasteiger partial charge in [-0.15, -0.1) is 0 Å². The first-order chi connectivity index (χ1) is 14.6. The van der Waals surface area contributed by atoms with Crippen molar-refractivity contribution in [2.75, 3.05) is 13.6 Å². The lowest BCUT2D eigenvalue weighted by Crippen LogP contribution is -2.58. The molecule has 4 N–H and O–H groups in total. The Morgan fingerprint density at radius 2 is 1.66 bits per heavy atom. The molecule has 1 aromatic rings. The molecule has 0 radical (unpaired) electrons. The van der Waals surface area contributed by atoms with E-state index in [0.717, 1.165) is 12.5 Å². The van der Waals surface area contributed by atoms with Crippen molar-refractivity contribution < 1.29 is 40.7 Å². The van der Waals surface area contributed by atoms with E-state index in [2.05, 4.69) is 5.32 Å². The number of carbonyl (C=O) groups excluding carboxylic acids is 3. The molecule has 178 valence electrons. The second-order valence-electron chi connectivity index (χ2n) is 7.47. The normalized spacial score (nSPS) is 19.1. The van der Waals surface area contributed by atoms with Crippen LogP contribution in [0.15, 0.2) is 24.3 Å². The third-order valence-electron chi connectivity index (χ3n) is 5.11. The number of amides is 3. The lowest BCUT2D eigenvalue weighted by atomic mass is 9.97. The summed E-state index contributed by atoms with van der Waals surface area (Å²) < 4.78 is 76.7. The predicted octanol–water partition coefficient (Wildman–Crippen LogP) is 1.43. The van der Waals surface area contributed by atoms with Crippen molar-refractivity contribution in [3.05, 3.63) is 35.4 Å². The molecular weight excluding hydrogens is 446 g/mol. The third-order valence-corrected chi connectivity index (χ3v) is 5.11. The number of nitrogens with one attached hydrogen (secondary N) is 2. The fourth-order valence-corrected chi connectivity index (χ4v) is 3.32. The van der Waals surface area contributed by atoms with Crippen molar-refractivity contribution in [2.24, 2.45) is 11.7 Å². The van der Waals surface area contributed by atoms with Gasteiger partial charge in [0.1, 0.15) is 18.1 Å². The van der Waals surface area contributed by atoms with E-state index in [1.807, 2.05) is 0 Å². The van der Waals surface area contributed by atoms with Crippen LogP contribution in [0.5, 0.6) is 0 Å². The van der Waals surface area contributed by atoms with Crippen LogP contribution in [0.25, 0.3) is 0 Å². The molecule has 0 saturated heterocycles. The van der Waals surface area contributed by atoms with Crippen LogP contribution in [0.3, 0.4) is 0 Å². The van der Waals surface area contributed by atoms with Gasteiger partial charge in [0.15, 0.2) is 5.92 Å². The molecule has 3 amide bonds. The summed E-state index contributed by atoms with van der Waals surface area (Å²) >= 11 is 0. The first-order valence-electron chi connectivity index (χ1n) is 9.47. The van der Waals surface area contributed by atoms with Crippen molar-refractivity contribution in [2.45, 2.75) is 43.8 Å². The van der Waals surface area contributed by atoms with E-state index in [1.165, 1.54) is 11.9 Å². The number of fused-ring (bicyclic) bond motifs is 1. The zero-order valence-corrected chi connectivity index (χ0v) is 17.1. The van der Waals surface area contributed by atoms with Crippen molar-refractivity contribution in [3.63, 3.8) is 0 Å². The molecule has 32 heavy (non-hydrogen) atoms. The molecule has 1 aliphatic rings. The minimum Gasteiger partial charge on any atom is -0.343 e. The molecule has 1 heterocycles. The molecule has 3 atom stereocenters. The molecule has 1 aliphatic heterocycles. The quantitative estimate of drug-likeness (QED) is 0.569. The molecule has 0 fully saturated rings. The molecule has 0 aliphatic carbocycles. The highest BCUT2D eigenvalue weighted by Crippen LogP contribution is 2.40. The van der Waals surface area contributed by atoms with Gasteiger partial charge in [-0.25, -0.2) is 0 Å². The molecule has 0 bridgehead atoms. The van der Waals surface area contributed by atoms with E-state index in [9.17, 15) is 40.7 Å². The van der Waals surface area contributed by atoms with Gasteiger partial charge >= 0.3 is 12.4 Å². The summed E-state index contributed by atoms with van der Waals surface area (Å²) in [7, 11) is 1.52. The number of halogens is 6. The number of hydrogen-bond acceptors (Lipinski definition) is 4. The van der Waals surface area contributed by atoms with Crippen LogP contribution >= 0.6 is 0 Å². The SMILES string of the molecule is C[C@H](NC(=O)C(N)C(C(F)(F)F)C(F)(F)F)C(=O)N[C@@H]1C(=O)N(C)CCc2ccccc21. The van der Waals surface area contributed by atoms with Gasteiger partial charge in [-0.05, 0) is 24.5 Å². The molecule has 0 saturated carbocycles. The molecule has 0 spiro atoms. The Morgan fingerprint density at radius 3 is 2.22 bits per heavy atom. The highest BCUT2D eigenvalue weighted by atomic mass is 19.4. The number of carbonyl (C=O) groups is 3. The van der Waals surface area contributed by atoms with Gasteiger partial charge in [0.2, 0.25) is 17.7 Å². The summed E-state index contributed by atoms with van der Waals surface area (Å²) in [4.78, 5) is 38.5. The molecule has 1 unspecified atom stereocenters. The van der Waals surface area contributed by atoms with Crippen molar-refractivity contribution >= 4 is 17.7 Å². The number of alkyl halides is 6. The summed E-state index contributed by atoms with van der Waals surface area (Å²) in [5, 5.41) is 4.16. The third kappa shape index (κ3) is 5.69. The average molecular weight is 468 g/mol. The Hall–Kier alpha value is -2.83. The van der Waals surface area contributed by atoms with E-state index < -0.39 is 54.1 Å². The number of rotatable bonds is 5. The highest BCUT2D eigenvalue weighted by Gasteiger charge is 2.61. The molecule has 1 aromatic carbocycles. The Bertz CT molecular complexity index is 859. The zero-order valence-electron chi connectivity index (χ0n) is 17.1. The maximum Gasteiger partial charge on any atom is 0.402 e. The standard InChI is InChI=1S/C19H22F6N4O3/c1-9(27-16(31)12(26)14(18(20,21)22)19(23,24)25)15(30)28-13-11-6-4-3-5-10(11)7-8-29(2)17(13)32/h3-6,9,12-14H,7-8,26H2,1-2H3,(H,27,31)(H,28,30)/t9-,12?,13-/m0/s1. The Balaban J connectivity index is 2.15. The van der Waals surface area contributed by atoms with E-state index in [1.54, 1.807) is 29.6 Å². The maximum atomic E-state index is 12.8. The topological polar surface area (TPSA) is 105 Å². The highest BCUT2D eigenvalue weighted by molar-refractivity contribution is 5.93. The first kappa shape index (κ1) is 25.4. The Labute approximate surface area is 179 Å². The van der Waals surface area contributed by atoms with Crippen LogP contribution in [-0.2, 0) is 20.8 Å². The smallest absolute Gasteiger partial charge is 0.343 e. The number of likely N-dealkylation sites (N-methyl/N-ethyl adjacent to an activating group) is 1. The maximum absolute atomic E-state index is 12.8. The molecule has 7 nitrogen and oxygen atoms in total. The van der Waals surface area contributed by atoms with Crippen LogP contribution in [-0.4, -0.2) is 60.7 Å². The largest absolute Gasteiger partial charge is 0.402 e. The molecule has 2 rings (SSSR count). The van der Waals surface area contributed by atoms with Crippen LogP contribution < -0.4 is 16.4 Å². The van der Waals surface area contributed by atoms with E-state index in [0.29, 0.717) is 18.5 Å². The summed E-state index contributed by atoms with van der Waals surface area (Å²) in [6, 6.07) is 1.05. The van der Waals surface area contributed by atoms with Crippen molar-refractivity contribution in [3.8, 4) is 0 Å². The van der Waals surface area contributed by atoms with E-state index >= 15 is 0 Å².